The largest absolute Gasteiger partial charge is 0.352 e. The van der Waals surface area contributed by atoms with Gasteiger partial charge in [-0.2, -0.15) is 0 Å². The molecule has 1 aromatic carbocycles. The molecule has 78 valence electrons. The highest BCUT2D eigenvalue weighted by atomic mass is 16.6. The second-order valence-electron chi connectivity index (χ2n) is 3.49. The van der Waals surface area contributed by atoms with Crippen LogP contribution >= 0.6 is 0 Å². The third-order valence-corrected chi connectivity index (χ3v) is 2.50. The molecule has 0 unspecified atom stereocenters. The second-order valence-corrected chi connectivity index (χ2v) is 3.49. The summed E-state index contributed by atoms with van der Waals surface area (Å²) in [5, 5.41) is 13.3. The van der Waals surface area contributed by atoms with E-state index in [-0.39, 0.29) is 11.6 Å². The van der Waals surface area contributed by atoms with E-state index < -0.39 is 4.92 Å². The monoisotopic (exact) mass is 206 g/mol. The van der Waals surface area contributed by atoms with Crippen molar-refractivity contribution in [2.45, 2.75) is 19.4 Å². The summed E-state index contributed by atoms with van der Waals surface area (Å²) in [7, 11) is 0. The van der Waals surface area contributed by atoms with E-state index in [0.717, 1.165) is 11.1 Å². The van der Waals surface area contributed by atoms with Crippen LogP contribution in [0.1, 0.15) is 17.5 Å². The predicted octanol–water partition coefficient (Wildman–Crippen LogP) is 1.16. The molecule has 0 saturated heterocycles. The average Bonchev–Trinajstić information content (AvgIpc) is 2.40. The lowest BCUT2D eigenvalue weighted by Crippen LogP contribution is -2.20. The minimum Gasteiger partial charge on any atom is -0.352 e. The smallest absolute Gasteiger partial charge is 0.269 e. The molecule has 0 atom stereocenters. The van der Waals surface area contributed by atoms with Crippen LogP contribution < -0.4 is 5.32 Å². The van der Waals surface area contributed by atoms with Gasteiger partial charge in [0, 0.05) is 25.1 Å². The SMILES string of the molecule is O=C1CCc2cc([N+](=O)[O-])ccc2CN1. The average molecular weight is 206 g/mol. The number of nitrogens with zero attached hydrogens (tertiary/aromatic N) is 1. The molecular weight excluding hydrogens is 196 g/mol. The standard InChI is InChI=1S/C10H10N2O3/c13-10-4-2-7-5-9(12(14)15)3-1-8(7)6-11-10/h1,3,5H,2,4,6H2,(H,11,13). The number of nitrogens with one attached hydrogen (secondary N) is 1. The van der Waals surface area contributed by atoms with Gasteiger partial charge in [-0.05, 0) is 17.5 Å². The number of aryl methyl sites for hydroxylation is 1. The number of carbonyl (C=O) groups excluding carboxylic acids is 1. The van der Waals surface area contributed by atoms with E-state index in [9.17, 15) is 14.9 Å². The summed E-state index contributed by atoms with van der Waals surface area (Å²) in [6, 6.07) is 4.73. The Labute approximate surface area is 86.2 Å². The van der Waals surface area contributed by atoms with Gasteiger partial charge >= 0.3 is 0 Å². The van der Waals surface area contributed by atoms with Crippen LogP contribution in [0, 0.1) is 10.1 Å². The molecule has 1 heterocycles. The molecule has 1 aromatic rings. The number of amides is 1. The van der Waals surface area contributed by atoms with Crippen molar-refractivity contribution in [3.05, 3.63) is 39.4 Å². The van der Waals surface area contributed by atoms with Gasteiger partial charge in [0.1, 0.15) is 0 Å². The minimum absolute atomic E-state index is 0.00569. The maximum atomic E-state index is 11.1. The molecule has 0 spiro atoms. The van der Waals surface area contributed by atoms with E-state index in [0.29, 0.717) is 19.4 Å². The van der Waals surface area contributed by atoms with E-state index in [1.807, 2.05) is 0 Å². The summed E-state index contributed by atoms with van der Waals surface area (Å²) in [6.07, 6.45) is 0.969. The van der Waals surface area contributed by atoms with Crippen molar-refractivity contribution in [1.82, 2.24) is 5.32 Å². The number of carbonyl (C=O) groups is 1. The molecule has 1 aliphatic heterocycles. The topological polar surface area (TPSA) is 72.2 Å². The molecular formula is C10H10N2O3. The number of benzene rings is 1. The Morgan fingerprint density at radius 1 is 1.27 bits per heavy atom. The van der Waals surface area contributed by atoms with Crippen molar-refractivity contribution in [2.24, 2.45) is 0 Å². The van der Waals surface area contributed by atoms with Gasteiger partial charge in [0.15, 0.2) is 0 Å². The number of nitro groups is 1. The highest BCUT2D eigenvalue weighted by Crippen LogP contribution is 2.20. The first-order valence-corrected chi connectivity index (χ1v) is 4.70. The summed E-state index contributed by atoms with van der Waals surface area (Å²) < 4.78 is 0. The maximum absolute atomic E-state index is 11.1. The third kappa shape index (κ3) is 1.96. The summed E-state index contributed by atoms with van der Waals surface area (Å²) in [5.74, 6) is -0.00569. The van der Waals surface area contributed by atoms with Crippen LogP contribution in [0.4, 0.5) is 5.69 Å². The molecule has 0 saturated carbocycles. The van der Waals surface area contributed by atoms with Crippen LogP contribution in [-0.2, 0) is 17.8 Å². The zero-order valence-corrected chi connectivity index (χ0v) is 8.03. The van der Waals surface area contributed by atoms with Gasteiger partial charge in [-0.15, -0.1) is 0 Å². The van der Waals surface area contributed by atoms with Crippen LogP contribution in [0.2, 0.25) is 0 Å². The number of non-ortho nitro benzene ring substituents is 1. The molecule has 0 aliphatic carbocycles. The molecule has 0 aromatic heterocycles. The van der Waals surface area contributed by atoms with Crippen molar-refractivity contribution in [1.29, 1.82) is 0 Å². The Morgan fingerprint density at radius 2 is 2.07 bits per heavy atom. The number of rotatable bonds is 1. The van der Waals surface area contributed by atoms with Gasteiger partial charge in [0.05, 0.1) is 4.92 Å². The molecule has 1 N–H and O–H groups in total. The molecule has 15 heavy (non-hydrogen) atoms. The number of hydrogen-bond donors (Lipinski definition) is 1. The van der Waals surface area contributed by atoms with Gasteiger partial charge in [0.25, 0.3) is 5.69 Å². The van der Waals surface area contributed by atoms with E-state index >= 15 is 0 Å². The van der Waals surface area contributed by atoms with E-state index in [1.165, 1.54) is 6.07 Å². The Balaban J connectivity index is 2.36. The van der Waals surface area contributed by atoms with Crippen molar-refractivity contribution in [3.8, 4) is 0 Å². The zero-order chi connectivity index (χ0) is 10.8. The Morgan fingerprint density at radius 3 is 2.80 bits per heavy atom. The predicted molar refractivity (Wildman–Crippen MR) is 53.3 cm³/mol. The lowest BCUT2D eigenvalue weighted by atomic mass is 10.0. The van der Waals surface area contributed by atoms with Gasteiger partial charge in [-0.25, -0.2) is 0 Å². The molecule has 1 aliphatic rings. The van der Waals surface area contributed by atoms with Crippen LogP contribution in [-0.4, -0.2) is 10.8 Å². The van der Waals surface area contributed by atoms with Crippen LogP contribution in [0.25, 0.3) is 0 Å². The fourth-order valence-corrected chi connectivity index (χ4v) is 1.66. The summed E-state index contributed by atoms with van der Waals surface area (Å²) in [6.45, 7) is 0.464. The summed E-state index contributed by atoms with van der Waals surface area (Å²) >= 11 is 0. The molecule has 2 rings (SSSR count). The molecule has 5 nitrogen and oxygen atoms in total. The molecule has 1 amide bonds. The van der Waals surface area contributed by atoms with Crippen molar-refractivity contribution < 1.29 is 9.72 Å². The Kier molecular flexibility index (Phi) is 2.37. The highest BCUT2D eigenvalue weighted by molar-refractivity contribution is 5.77. The number of fused-ring (bicyclic) bond motifs is 1. The second kappa shape index (κ2) is 3.68. The van der Waals surface area contributed by atoms with Gasteiger partial charge in [-0.3, -0.25) is 14.9 Å². The van der Waals surface area contributed by atoms with E-state index in [2.05, 4.69) is 5.32 Å². The molecule has 0 radical (unpaired) electrons. The van der Waals surface area contributed by atoms with Gasteiger partial charge < -0.3 is 5.32 Å². The number of hydrogen-bond acceptors (Lipinski definition) is 3. The lowest BCUT2D eigenvalue weighted by molar-refractivity contribution is -0.384. The third-order valence-electron chi connectivity index (χ3n) is 2.50. The normalized spacial score (nSPS) is 15.1. The fourth-order valence-electron chi connectivity index (χ4n) is 1.66. The zero-order valence-electron chi connectivity index (χ0n) is 8.03. The highest BCUT2D eigenvalue weighted by Gasteiger charge is 2.15. The fraction of sp³-hybridized carbons (Fsp3) is 0.300. The van der Waals surface area contributed by atoms with E-state index in [4.69, 9.17) is 0 Å². The van der Waals surface area contributed by atoms with Crippen LogP contribution in [0.5, 0.6) is 0 Å². The first kappa shape index (κ1) is 9.64. The van der Waals surface area contributed by atoms with Crippen molar-refractivity contribution in [2.75, 3.05) is 0 Å². The van der Waals surface area contributed by atoms with Crippen LogP contribution in [0.3, 0.4) is 0 Å². The Bertz CT molecular complexity index is 429. The van der Waals surface area contributed by atoms with Crippen molar-refractivity contribution >= 4 is 11.6 Å². The molecule has 0 bridgehead atoms. The molecule has 5 heteroatoms. The minimum atomic E-state index is -0.416. The maximum Gasteiger partial charge on any atom is 0.269 e. The first-order chi connectivity index (χ1) is 7.16. The van der Waals surface area contributed by atoms with Gasteiger partial charge in [-0.1, -0.05) is 6.07 Å². The van der Waals surface area contributed by atoms with E-state index in [1.54, 1.807) is 12.1 Å². The Hall–Kier alpha value is -1.91. The van der Waals surface area contributed by atoms with Crippen molar-refractivity contribution in [3.63, 3.8) is 0 Å². The lowest BCUT2D eigenvalue weighted by Gasteiger charge is -2.03. The molecule has 0 fully saturated rings. The van der Waals surface area contributed by atoms with Gasteiger partial charge in [0.2, 0.25) is 5.91 Å². The van der Waals surface area contributed by atoms with Crippen LogP contribution in [0.15, 0.2) is 18.2 Å². The summed E-state index contributed by atoms with van der Waals surface area (Å²) in [4.78, 5) is 21.3. The number of nitro benzene ring substituents is 1. The first-order valence-electron chi connectivity index (χ1n) is 4.70. The summed E-state index contributed by atoms with van der Waals surface area (Å²) in [5.41, 5.74) is 1.94. The quantitative estimate of drug-likeness (QED) is 0.553.